The number of hydrogen-bond donors (Lipinski definition) is 3. The van der Waals surface area contributed by atoms with Crippen LogP contribution in [0.5, 0.6) is 0 Å². The zero-order chi connectivity index (χ0) is 17.6. The number of amides is 2. The van der Waals surface area contributed by atoms with Crippen molar-refractivity contribution in [2.45, 2.75) is 26.7 Å². The molecule has 0 spiro atoms. The Hall–Kier alpha value is -2.09. The Bertz CT molecular complexity index is 581. The molecule has 0 aliphatic carbocycles. The molecule has 0 fully saturated rings. The van der Waals surface area contributed by atoms with Gasteiger partial charge in [0.05, 0.1) is 17.6 Å². The number of nitrogens with two attached hydrogens (primary N) is 1. The fourth-order valence-corrected chi connectivity index (χ4v) is 2.12. The predicted molar refractivity (Wildman–Crippen MR) is 80.0 cm³/mol. The van der Waals surface area contributed by atoms with Gasteiger partial charge in [0.2, 0.25) is 11.8 Å². The van der Waals surface area contributed by atoms with Crippen LogP contribution in [0.1, 0.15) is 26.7 Å². The van der Waals surface area contributed by atoms with Crippen LogP contribution in [0.3, 0.4) is 0 Å². The summed E-state index contributed by atoms with van der Waals surface area (Å²) < 4.78 is 39.3. The second kappa shape index (κ2) is 7.96. The van der Waals surface area contributed by atoms with Gasteiger partial charge in [-0.3, -0.25) is 9.59 Å². The molecular weight excluding hydrogens is 311 g/mol. The fraction of sp³-hybridized carbons (Fsp3) is 0.467. The summed E-state index contributed by atoms with van der Waals surface area (Å²) in [6.45, 7) is 3.32. The van der Waals surface area contributed by atoms with Gasteiger partial charge in [0.1, 0.15) is 0 Å². The van der Waals surface area contributed by atoms with E-state index < -0.39 is 41.0 Å². The van der Waals surface area contributed by atoms with Crippen LogP contribution in [0.25, 0.3) is 0 Å². The molecule has 0 bridgehead atoms. The summed E-state index contributed by atoms with van der Waals surface area (Å²) in [7, 11) is 0. The lowest BCUT2D eigenvalue weighted by Crippen LogP contribution is -2.47. The number of rotatable bonds is 7. The molecule has 1 rings (SSSR count). The second-order valence-electron chi connectivity index (χ2n) is 5.15. The molecule has 2 amide bonds. The van der Waals surface area contributed by atoms with E-state index in [0.717, 1.165) is 6.07 Å². The van der Waals surface area contributed by atoms with Crippen molar-refractivity contribution in [2.24, 2.45) is 11.1 Å². The molecule has 23 heavy (non-hydrogen) atoms. The van der Waals surface area contributed by atoms with Crippen molar-refractivity contribution in [3.63, 3.8) is 0 Å². The SMILES string of the molecule is CCC(CC)(CN)C(=O)NCC(=O)Nc1ccc(F)c(F)c1F. The van der Waals surface area contributed by atoms with Gasteiger partial charge in [0.15, 0.2) is 17.5 Å². The van der Waals surface area contributed by atoms with Crippen LogP contribution in [-0.2, 0) is 9.59 Å². The first-order valence-electron chi connectivity index (χ1n) is 7.23. The summed E-state index contributed by atoms with van der Waals surface area (Å²) >= 11 is 0. The number of hydrogen-bond acceptors (Lipinski definition) is 3. The first-order valence-corrected chi connectivity index (χ1v) is 7.23. The zero-order valence-corrected chi connectivity index (χ0v) is 13.0. The third-order valence-electron chi connectivity index (χ3n) is 3.94. The molecule has 5 nitrogen and oxygen atoms in total. The first kappa shape index (κ1) is 19.0. The summed E-state index contributed by atoms with van der Waals surface area (Å²) in [6.07, 6.45) is 1.01. The predicted octanol–water partition coefficient (Wildman–Crippen LogP) is 1.92. The zero-order valence-electron chi connectivity index (χ0n) is 13.0. The van der Waals surface area contributed by atoms with Crippen LogP contribution in [-0.4, -0.2) is 24.9 Å². The molecule has 128 valence electrons. The van der Waals surface area contributed by atoms with Crippen LogP contribution in [0.15, 0.2) is 12.1 Å². The second-order valence-corrected chi connectivity index (χ2v) is 5.15. The van der Waals surface area contributed by atoms with Gasteiger partial charge in [-0.25, -0.2) is 13.2 Å². The first-order chi connectivity index (χ1) is 10.8. The van der Waals surface area contributed by atoms with E-state index in [-0.39, 0.29) is 12.5 Å². The number of carbonyl (C=O) groups is 2. The van der Waals surface area contributed by atoms with Gasteiger partial charge in [-0.15, -0.1) is 0 Å². The molecule has 0 saturated carbocycles. The van der Waals surface area contributed by atoms with Crippen molar-refractivity contribution >= 4 is 17.5 Å². The summed E-state index contributed by atoms with van der Waals surface area (Å²) in [5.74, 6) is -5.67. The van der Waals surface area contributed by atoms with Gasteiger partial charge in [-0.1, -0.05) is 13.8 Å². The van der Waals surface area contributed by atoms with Crippen LogP contribution in [0, 0.1) is 22.9 Å². The van der Waals surface area contributed by atoms with Crippen LogP contribution >= 0.6 is 0 Å². The molecule has 0 heterocycles. The quantitative estimate of drug-likeness (QED) is 0.668. The molecule has 8 heteroatoms. The molecule has 1 aromatic carbocycles. The molecule has 0 aliphatic heterocycles. The number of halogens is 3. The number of anilines is 1. The van der Waals surface area contributed by atoms with E-state index in [1.165, 1.54) is 0 Å². The molecule has 0 unspecified atom stereocenters. The van der Waals surface area contributed by atoms with Gasteiger partial charge in [-0.05, 0) is 25.0 Å². The number of nitrogens with one attached hydrogen (secondary N) is 2. The van der Waals surface area contributed by atoms with E-state index in [1.807, 2.05) is 13.8 Å². The Morgan fingerprint density at radius 3 is 2.26 bits per heavy atom. The summed E-state index contributed by atoms with van der Waals surface area (Å²) in [5, 5.41) is 4.49. The molecule has 0 saturated heterocycles. The maximum Gasteiger partial charge on any atom is 0.243 e. The third kappa shape index (κ3) is 4.22. The Morgan fingerprint density at radius 2 is 1.74 bits per heavy atom. The van der Waals surface area contributed by atoms with Crippen molar-refractivity contribution in [2.75, 3.05) is 18.4 Å². The summed E-state index contributed by atoms with van der Waals surface area (Å²) in [4.78, 5) is 23.8. The van der Waals surface area contributed by atoms with E-state index >= 15 is 0 Å². The Morgan fingerprint density at radius 1 is 1.13 bits per heavy atom. The number of carbonyl (C=O) groups excluding carboxylic acids is 2. The van der Waals surface area contributed by atoms with E-state index in [9.17, 15) is 22.8 Å². The highest BCUT2D eigenvalue weighted by Gasteiger charge is 2.33. The molecule has 0 atom stereocenters. The van der Waals surface area contributed by atoms with Crippen molar-refractivity contribution in [1.29, 1.82) is 0 Å². The molecule has 0 aliphatic rings. The summed E-state index contributed by atoms with van der Waals surface area (Å²) in [5.41, 5.74) is 4.35. The molecule has 0 radical (unpaired) electrons. The lowest BCUT2D eigenvalue weighted by atomic mass is 9.81. The van der Waals surface area contributed by atoms with Crippen molar-refractivity contribution in [3.05, 3.63) is 29.6 Å². The third-order valence-corrected chi connectivity index (χ3v) is 3.94. The minimum atomic E-state index is -1.68. The largest absolute Gasteiger partial charge is 0.347 e. The van der Waals surface area contributed by atoms with E-state index in [4.69, 9.17) is 5.73 Å². The minimum absolute atomic E-state index is 0.130. The van der Waals surface area contributed by atoms with Gasteiger partial charge >= 0.3 is 0 Å². The van der Waals surface area contributed by atoms with Crippen molar-refractivity contribution in [1.82, 2.24) is 5.32 Å². The monoisotopic (exact) mass is 331 g/mol. The van der Waals surface area contributed by atoms with Crippen LogP contribution < -0.4 is 16.4 Å². The average Bonchev–Trinajstić information content (AvgIpc) is 2.55. The maximum absolute atomic E-state index is 13.4. The van der Waals surface area contributed by atoms with Gasteiger partial charge in [0.25, 0.3) is 0 Å². The highest BCUT2D eigenvalue weighted by atomic mass is 19.2. The lowest BCUT2D eigenvalue weighted by molar-refractivity contribution is -0.132. The number of benzene rings is 1. The topological polar surface area (TPSA) is 84.2 Å². The Labute approximate surface area is 132 Å². The highest BCUT2D eigenvalue weighted by molar-refractivity contribution is 5.95. The fourth-order valence-electron chi connectivity index (χ4n) is 2.12. The standard InChI is InChI=1S/C15H20F3N3O2/c1-3-15(4-2,8-19)14(23)20-7-11(22)21-10-6-5-9(16)12(17)13(10)18/h5-6H,3-4,7-8,19H2,1-2H3,(H,20,23)(H,21,22). The maximum atomic E-state index is 13.4. The summed E-state index contributed by atoms with van der Waals surface area (Å²) in [6, 6.07) is 1.59. The van der Waals surface area contributed by atoms with Crippen LogP contribution in [0.2, 0.25) is 0 Å². The molecule has 4 N–H and O–H groups in total. The van der Waals surface area contributed by atoms with E-state index in [0.29, 0.717) is 18.9 Å². The van der Waals surface area contributed by atoms with Gasteiger partial charge in [-0.2, -0.15) is 0 Å². The van der Waals surface area contributed by atoms with Crippen molar-refractivity contribution < 1.29 is 22.8 Å². The molecule has 0 aromatic heterocycles. The Balaban J connectivity index is 2.68. The van der Waals surface area contributed by atoms with Gasteiger partial charge in [0, 0.05) is 6.54 Å². The smallest absolute Gasteiger partial charge is 0.243 e. The normalized spacial score (nSPS) is 11.2. The van der Waals surface area contributed by atoms with E-state index in [1.54, 1.807) is 0 Å². The Kier molecular flexibility index (Phi) is 6.56. The lowest BCUT2D eigenvalue weighted by Gasteiger charge is -2.28. The molecule has 1 aromatic rings. The van der Waals surface area contributed by atoms with Crippen LogP contribution in [0.4, 0.5) is 18.9 Å². The van der Waals surface area contributed by atoms with Gasteiger partial charge < -0.3 is 16.4 Å². The molecular formula is C15H20F3N3O2. The highest BCUT2D eigenvalue weighted by Crippen LogP contribution is 2.25. The average molecular weight is 331 g/mol. The van der Waals surface area contributed by atoms with Crippen molar-refractivity contribution in [3.8, 4) is 0 Å². The minimum Gasteiger partial charge on any atom is -0.347 e. The van der Waals surface area contributed by atoms with E-state index in [2.05, 4.69) is 10.6 Å².